The van der Waals surface area contributed by atoms with Gasteiger partial charge in [0.25, 0.3) is 0 Å². The van der Waals surface area contributed by atoms with Gasteiger partial charge in [0.05, 0.1) is 24.9 Å². The average Bonchev–Trinajstić information content (AvgIpc) is 3.41. The number of anilines is 1. The second kappa shape index (κ2) is 10.4. The van der Waals surface area contributed by atoms with Gasteiger partial charge in [-0.15, -0.1) is 11.3 Å². The van der Waals surface area contributed by atoms with Crippen molar-refractivity contribution in [1.82, 2.24) is 9.88 Å². The molecule has 2 fully saturated rings. The monoisotopic (exact) mass is 487 g/mol. The van der Waals surface area contributed by atoms with E-state index in [0.29, 0.717) is 0 Å². The molecule has 2 aliphatic rings. The molecule has 0 saturated carbocycles. The number of morpholine rings is 1. The predicted molar refractivity (Wildman–Crippen MR) is 143 cm³/mol. The Hall–Kier alpha value is -2.80. The summed E-state index contributed by atoms with van der Waals surface area (Å²) in [6.45, 7) is 8.87. The van der Waals surface area contributed by atoms with Crippen molar-refractivity contribution < 1.29 is 9.53 Å². The number of Topliss-reactive ketones (excluding diaryl/α,β-unsaturated/α-hetero) is 1. The maximum absolute atomic E-state index is 13.9. The molecule has 2 aromatic heterocycles. The minimum Gasteiger partial charge on any atom is -0.378 e. The van der Waals surface area contributed by atoms with E-state index in [2.05, 4.69) is 65.4 Å². The molecule has 2 saturated heterocycles. The smallest absolute Gasteiger partial charge is 0.167 e. The number of ether oxygens (including phenoxy) is 1. The topological polar surface area (TPSA) is 45.7 Å². The standard InChI is InChI=1S/C29H33N3O2S/c1-29(2)21-32(14-13-24-11-7-19-35-24)27(22-8-4-3-5-9-22)25(28(29)33)20-23-10-6-12-26(30-23)31-15-17-34-18-16-31/h3-12,19-20,27H,13-18,21H2,1-2H3/b25-20-. The Labute approximate surface area is 212 Å². The van der Waals surface area contributed by atoms with Crippen molar-refractivity contribution in [3.63, 3.8) is 0 Å². The third kappa shape index (κ3) is 5.40. The molecular weight excluding hydrogens is 454 g/mol. The van der Waals surface area contributed by atoms with Crippen LogP contribution in [-0.2, 0) is 16.0 Å². The van der Waals surface area contributed by atoms with Crippen molar-refractivity contribution in [3.05, 3.63) is 87.8 Å². The summed E-state index contributed by atoms with van der Waals surface area (Å²) >= 11 is 1.80. The number of aromatic nitrogens is 1. The Morgan fingerprint density at radius 1 is 1.06 bits per heavy atom. The largest absolute Gasteiger partial charge is 0.378 e. The summed E-state index contributed by atoms with van der Waals surface area (Å²) in [5, 5.41) is 2.13. The van der Waals surface area contributed by atoms with E-state index in [9.17, 15) is 4.79 Å². The lowest BCUT2D eigenvalue weighted by Gasteiger charge is -2.44. The Morgan fingerprint density at radius 3 is 2.60 bits per heavy atom. The van der Waals surface area contributed by atoms with Gasteiger partial charge in [-0.05, 0) is 41.6 Å². The summed E-state index contributed by atoms with van der Waals surface area (Å²) in [5.74, 6) is 1.15. The van der Waals surface area contributed by atoms with Crippen LogP contribution in [0.3, 0.4) is 0 Å². The van der Waals surface area contributed by atoms with Gasteiger partial charge >= 0.3 is 0 Å². The molecule has 1 unspecified atom stereocenters. The number of pyridine rings is 1. The van der Waals surface area contributed by atoms with Gasteiger partial charge in [0.2, 0.25) is 0 Å². The predicted octanol–water partition coefficient (Wildman–Crippen LogP) is 5.26. The number of rotatable bonds is 6. The zero-order chi connectivity index (χ0) is 24.3. The Balaban J connectivity index is 1.53. The van der Waals surface area contributed by atoms with E-state index in [0.717, 1.165) is 68.5 Å². The first-order chi connectivity index (χ1) is 17.0. The summed E-state index contributed by atoms with van der Waals surface area (Å²) in [6.07, 6.45) is 3.01. The molecule has 4 heterocycles. The van der Waals surface area contributed by atoms with Gasteiger partial charge in [0.1, 0.15) is 5.82 Å². The molecule has 5 rings (SSSR count). The van der Waals surface area contributed by atoms with Crippen molar-refractivity contribution in [2.24, 2.45) is 5.41 Å². The van der Waals surface area contributed by atoms with Gasteiger partial charge in [-0.2, -0.15) is 0 Å². The van der Waals surface area contributed by atoms with Crippen LogP contribution in [0.2, 0.25) is 0 Å². The van der Waals surface area contributed by atoms with Gasteiger partial charge in [0, 0.05) is 42.0 Å². The summed E-state index contributed by atoms with van der Waals surface area (Å²) in [6, 6.07) is 20.7. The molecule has 0 bridgehead atoms. The van der Waals surface area contributed by atoms with Crippen molar-refractivity contribution in [2.75, 3.05) is 44.3 Å². The minimum absolute atomic E-state index is 0.0921. The average molecular weight is 488 g/mol. The zero-order valence-electron chi connectivity index (χ0n) is 20.5. The molecule has 0 spiro atoms. The van der Waals surface area contributed by atoms with Gasteiger partial charge in [0.15, 0.2) is 5.78 Å². The van der Waals surface area contributed by atoms with Crippen molar-refractivity contribution >= 4 is 29.0 Å². The first-order valence-electron chi connectivity index (χ1n) is 12.4. The van der Waals surface area contributed by atoms with E-state index in [1.807, 2.05) is 30.3 Å². The summed E-state index contributed by atoms with van der Waals surface area (Å²) in [7, 11) is 0. The molecule has 2 aliphatic heterocycles. The van der Waals surface area contributed by atoms with E-state index >= 15 is 0 Å². The normalized spacial score (nSPS) is 22.0. The van der Waals surface area contributed by atoms with E-state index in [-0.39, 0.29) is 11.8 Å². The molecule has 6 heteroatoms. The molecule has 0 amide bonds. The third-order valence-corrected chi connectivity index (χ3v) is 7.81. The first kappa shape index (κ1) is 23.9. The number of nitrogens with zero attached hydrogens (tertiary/aromatic N) is 3. The highest BCUT2D eigenvalue weighted by molar-refractivity contribution is 7.09. The maximum Gasteiger partial charge on any atom is 0.167 e. The number of ketones is 1. The quantitative estimate of drug-likeness (QED) is 0.444. The number of hydrogen-bond acceptors (Lipinski definition) is 6. The number of carbonyl (C=O) groups excluding carboxylic acids is 1. The van der Waals surface area contributed by atoms with Crippen molar-refractivity contribution in [3.8, 4) is 0 Å². The van der Waals surface area contributed by atoms with Gasteiger partial charge < -0.3 is 9.64 Å². The van der Waals surface area contributed by atoms with Crippen LogP contribution in [0.5, 0.6) is 0 Å². The lowest BCUT2D eigenvalue weighted by atomic mass is 9.74. The molecule has 1 atom stereocenters. The van der Waals surface area contributed by atoms with Crippen LogP contribution in [-0.4, -0.2) is 55.1 Å². The number of thiophene rings is 1. The fraction of sp³-hybridized carbons (Fsp3) is 0.379. The molecule has 0 N–H and O–H groups in total. The first-order valence-corrected chi connectivity index (χ1v) is 13.3. The van der Waals surface area contributed by atoms with Crippen LogP contribution in [0.4, 0.5) is 5.82 Å². The second-order valence-corrected chi connectivity index (χ2v) is 11.0. The Bertz CT molecular complexity index is 1170. The molecule has 182 valence electrons. The van der Waals surface area contributed by atoms with E-state index in [1.165, 1.54) is 4.88 Å². The Morgan fingerprint density at radius 2 is 1.86 bits per heavy atom. The minimum atomic E-state index is -0.464. The molecule has 3 aromatic rings. The molecular formula is C29H33N3O2S. The number of benzene rings is 1. The lowest BCUT2D eigenvalue weighted by Crippen LogP contribution is -2.49. The van der Waals surface area contributed by atoms with E-state index in [1.54, 1.807) is 11.3 Å². The van der Waals surface area contributed by atoms with Crippen LogP contribution in [0.25, 0.3) is 6.08 Å². The number of hydrogen-bond donors (Lipinski definition) is 0. The van der Waals surface area contributed by atoms with E-state index in [4.69, 9.17) is 9.72 Å². The van der Waals surface area contributed by atoms with Crippen molar-refractivity contribution in [2.45, 2.75) is 26.3 Å². The fourth-order valence-electron chi connectivity index (χ4n) is 5.12. The summed E-state index contributed by atoms with van der Waals surface area (Å²) in [4.78, 5) is 24.9. The zero-order valence-corrected chi connectivity index (χ0v) is 21.3. The van der Waals surface area contributed by atoms with Gasteiger partial charge in [-0.25, -0.2) is 4.98 Å². The summed E-state index contributed by atoms with van der Waals surface area (Å²) < 4.78 is 5.50. The number of likely N-dealkylation sites (tertiary alicyclic amines) is 1. The van der Waals surface area contributed by atoms with E-state index < -0.39 is 5.41 Å². The lowest BCUT2D eigenvalue weighted by molar-refractivity contribution is -0.128. The Kier molecular flexibility index (Phi) is 7.14. The van der Waals surface area contributed by atoms with Gasteiger partial charge in [-0.3, -0.25) is 9.69 Å². The van der Waals surface area contributed by atoms with Gasteiger partial charge in [-0.1, -0.05) is 56.3 Å². The fourth-order valence-corrected chi connectivity index (χ4v) is 5.82. The summed E-state index contributed by atoms with van der Waals surface area (Å²) in [5.41, 5.74) is 2.34. The maximum atomic E-state index is 13.9. The second-order valence-electron chi connectivity index (χ2n) is 9.95. The highest BCUT2D eigenvalue weighted by Crippen LogP contribution is 2.41. The molecule has 5 nitrogen and oxygen atoms in total. The number of carbonyl (C=O) groups is 1. The molecule has 35 heavy (non-hydrogen) atoms. The third-order valence-electron chi connectivity index (χ3n) is 6.87. The molecule has 0 aliphatic carbocycles. The van der Waals surface area contributed by atoms with Crippen molar-refractivity contribution in [1.29, 1.82) is 0 Å². The van der Waals surface area contributed by atoms with Crippen LogP contribution < -0.4 is 4.90 Å². The highest BCUT2D eigenvalue weighted by Gasteiger charge is 2.43. The van der Waals surface area contributed by atoms with Crippen LogP contribution in [0.1, 0.15) is 36.0 Å². The molecule has 0 radical (unpaired) electrons. The van der Waals surface area contributed by atoms with Crippen LogP contribution in [0, 0.1) is 5.41 Å². The van der Waals surface area contributed by atoms with Crippen LogP contribution in [0.15, 0.2) is 71.6 Å². The number of piperidine rings is 1. The van der Waals surface area contributed by atoms with Crippen LogP contribution >= 0.6 is 11.3 Å². The SMILES string of the molecule is CC1(C)CN(CCc2cccs2)C(c2ccccc2)/C(=C/c2cccc(N3CCOCC3)n2)C1=O. The molecule has 1 aromatic carbocycles. The highest BCUT2D eigenvalue weighted by atomic mass is 32.1.